The molecule has 0 spiro atoms. The van der Waals surface area contributed by atoms with Gasteiger partial charge in [0.1, 0.15) is 5.75 Å². The van der Waals surface area contributed by atoms with Gasteiger partial charge in [0.05, 0.1) is 18.1 Å². The largest absolute Gasteiger partial charge is 0.497 e. The summed E-state index contributed by atoms with van der Waals surface area (Å²) in [5, 5.41) is 9.20. The van der Waals surface area contributed by atoms with Crippen LogP contribution in [0.3, 0.4) is 0 Å². The predicted octanol–water partition coefficient (Wildman–Crippen LogP) is 2.16. The molecule has 1 aromatic carbocycles. The fraction of sp³-hybridized carbons (Fsp3) is 0.462. The van der Waals surface area contributed by atoms with Crippen LogP contribution in [-0.2, 0) is 9.84 Å². The van der Waals surface area contributed by atoms with Gasteiger partial charge in [-0.2, -0.15) is 5.26 Å². The molecule has 96 valence electrons. The molecule has 1 aliphatic rings. The van der Waals surface area contributed by atoms with Gasteiger partial charge in [0.2, 0.25) is 0 Å². The first-order chi connectivity index (χ1) is 8.45. The van der Waals surface area contributed by atoms with Crippen molar-refractivity contribution >= 4 is 9.84 Å². The minimum absolute atomic E-state index is 0.191. The molecule has 0 aliphatic heterocycles. The summed E-state index contributed by atoms with van der Waals surface area (Å²) in [5.41, 5.74) is 0. The molecule has 1 aliphatic carbocycles. The average Bonchev–Trinajstić information content (AvgIpc) is 2.34. The number of benzene rings is 1. The molecule has 5 heteroatoms. The molecule has 4 nitrogen and oxygen atoms in total. The van der Waals surface area contributed by atoms with Crippen molar-refractivity contribution in [2.24, 2.45) is 5.92 Å². The molecule has 0 heterocycles. The molecule has 0 N–H and O–H groups in total. The van der Waals surface area contributed by atoms with Crippen LogP contribution in [0.2, 0.25) is 0 Å². The first kappa shape index (κ1) is 12.9. The van der Waals surface area contributed by atoms with Gasteiger partial charge in [-0.3, -0.25) is 0 Å². The van der Waals surface area contributed by atoms with E-state index in [2.05, 4.69) is 0 Å². The fourth-order valence-electron chi connectivity index (χ4n) is 2.42. The third kappa shape index (κ3) is 1.77. The van der Waals surface area contributed by atoms with E-state index in [0.717, 1.165) is 0 Å². The van der Waals surface area contributed by atoms with E-state index < -0.39 is 14.6 Å². The smallest absolute Gasteiger partial charge is 0.197 e. The van der Waals surface area contributed by atoms with Gasteiger partial charge in [0.25, 0.3) is 0 Å². The van der Waals surface area contributed by atoms with Gasteiger partial charge in [-0.25, -0.2) is 8.42 Å². The fourth-order valence-corrected chi connectivity index (χ4v) is 4.49. The molecule has 0 aromatic heterocycles. The Balaban J connectivity index is 2.39. The van der Waals surface area contributed by atoms with Crippen molar-refractivity contribution in [1.29, 1.82) is 5.26 Å². The van der Waals surface area contributed by atoms with Crippen LogP contribution in [0.25, 0.3) is 0 Å². The molecule has 0 bridgehead atoms. The molecule has 1 saturated carbocycles. The number of hydrogen-bond acceptors (Lipinski definition) is 4. The highest BCUT2D eigenvalue weighted by atomic mass is 32.2. The summed E-state index contributed by atoms with van der Waals surface area (Å²) in [7, 11) is -2.07. The summed E-state index contributed by atoms with van der Waals surface area (Å²) >= 11 is 0. The highest BCUT2D eigenvalue weighted by Crippen LogP contribution is 2.46. The molecule has 0 amide bonds. The summed E-state index contributed by atoms with van der Waals surface area (Å²) in [4.78, 5) is 0.191. The summed E-state index contributed by atoms with van der Waals surface area (Å²) in [6.45, 7) is 1.96. The minimum atomic E-state index is -3.59. The van der Waals surface area contributed by atoms with E-state index in [-0.39, 0.29) is 10.8 Å². The monoisotopic (exact) mass is 265 g/mol. The molecule has 1 fully saturated rings. The molecular weight excluding hydrogens is 250 g/mol. The van der Waals surface area contributed by atoms with Crippen molar-refractivity contribution in [2.45, 2.75) is 29.4 Å². The number of ether oxygens (including phenoxy) is 1. The van der Waals surface area contributed by atoms with Crippen LogP contribution in [0.5, 0.6) is 5.75 Å². The van der Waals surface area contributed by atoms with E-state index in [1.807, 2.05) is 13.0 Å². The number of methoxy groups -OCH3 is 1. The number of rotatable bonds is 3. The van der Waals surface area contributed by atoms with Gasteiger partial charge in [-0.15, -0.1) is 0 Å². The van der Waals surface area contributed by atoms with E-state index in [0.29, 0.717) is 18.6 Å². The zero-order chi connectivity index (χ0) is 13.4. The van der Waals surface area contributed by atoms with Gasteiger partial charge >= 0.3 is 0 Å². The maximum Gasteiger partial charge on any atom is 0.197 e. The summed E-state index contributed by atoms with van der Waals surface area (Å²) < 4.78 is 28.7. The van der Waals surface area contributed by atoms with Crippen molar-refractivity contribution in [3.05, 3.63) is 24.3 Å². The van der Waals surface area contributed by atoms with Gasteiger partial charge in [-0.1, -0.05) is 6.92 Å². The van der Waals surface area contributed by atoms with Crippen LogP contribution >= 0.6 is 0 Å². The summed E-state index contributed by atoms with van der Waals surface area (Å²) in [6.07, 6.45) is 0.829. The quantitative estimate of drug-likeness (QED) is 0.840. The Morgan fingerprint density at radius 3 is 2.28 bits per heavy atom. The number of sulfone groups is 1. The third-order valence-corrected chi connectivity index (χ3v) is 5.79. The average molecular weight is 265 g/mol. The van der Waals surface area contributed by atoms with Crippen LogP contribution < -0.4 is 4.74 Å². The maximum atomic E-state index is 12.4. The Labute approximate surface area is 107 Å². The zero-order valence-electron chi connectivity index (χ0n) is 10.4. The van der Waals surface area contributed by atoms with E-state index in [4.69, 9.17) is 4.74 Å². The summed E-state index contributed by atoms with van der Waals surface area (Å²) in [5.74, 6) is 0.889. The molecule has 0 unspecified atom stereocenters. The maximum absolute atomic E-state index is 12.4. The second kappa shape index (κ2) is 4.29. The van der Waals surface area contributed by atoms with Crippen LogP contribution in [0.15, 0.2) is 29.2 Å². The lowest BCUT2D eigenvalue weighted by Gasteiger charge is -2.39. The Morgan fingerprint density at radius 1 is 1.33 bits per heavy atom. The molecule has 0 saturated heterocycles. The van der Waals surface area contributed by atoms with Gasteiger partial charge < -0.3 is 4.74 Å². The van der Waals surface area contributed by atoms with E-state index in [1.165, 1.54) is 19.2 Å². The van der Waals surface area contributed by atoms with E-state index >= 15 is 0 Å². The number of nitrogens with zero attached hydrogens (tertiary/aromatic N) is 1. The number of nitriles is 1. The molecule has 1 aromatic rings. The van der Waals surface area contributed by atoms with Crippen molar-refractivity contribution in [3.8, 4) is 11.8 Å². The van der Waals surface area contributed by atoms with Crippen molar-refractivity contribution in [2.75, 3.05) is 7.11 Å². The Hall–Kier alpha value is -1.54. The Morgan fingerprint density at radius 2 is 1.89 bits per heavy atom. The van der Waals surface area contributed by atoms with Crippen molar-refractivity contribution in [1.82, 2.24) is 0 Å². The summed E-state index contributed by atoms with van der Waals surface area (Å²) in [6, 6.07) is 8.18. The van der Waals surface area contributed by atoms with Crippen LogP contribution in [-0.4, -0.2) is 20.3 Å². The lowest BCUT2D eigenvalue weighted by atomic mass is 9.76. The highest BCUT2D eigenvalue weighted by molar-refractivity contribution is 7.93. The standard InChI is InChI=1S/C13H15NO3S/c1-10-7-13(8-10,9-14)18(15,16)12-5-3-11(17-2)4-6-12/h3-6,10H,7-8H2,1-2H3. The SMILES string of the molecule is COc1ccc(S(=O)(=O)C2(C#N)CC(C)C2)cc1. The topological polar surface area (TPSA) is 67.2 Å². The van der Waals surface area contributed by atoms with Crippen molar-refractivity contribution < 1.29 is 13.2 Å². The second-order valence-corrected chi connectivity index (χ2v) is 7.06. The van der Waals surface area contributed by atoms with Crippen molar-refractivity contribution in [3.63, 3.8) is 0 Å². The van der Waals surface area contributed by atoms with Crippen LogP contribution in [0.4, 0.5) is 0 Å². The Kier molecular flexibility index (Phi) is 3.07. The first-order valence-electron chi connectivity index (χ1n) is 5.75. The normalized spacial score (nSPS) is 27.1. The third-order valence-electron chi connectivity index (χ3n) is 3.44. The highest BCUT2D eigenvalue weighted by Gasteiger charge is 2.53. The molecule has 18 heavy (non-hydrogen) atoms. The van der Waals surface area contributed by atoms with Gasteiger partial charge in [-0.05, 0) is 43.0 Å². The molecular formula is C13H15NO3S. The van der Waals surface area contributed by atoms with Gasteiger partial charge in [0.15, 0.2) is 14.6 Å². The van der Waals surface area contributed by atoms with E-state index in [1.54, 1.807) is 12.1 Å². The Bertz CT molecular complexity index is 578. The lowest BCUT2D eigenvalue weighted by Crippen LogP contribution is -2.48. The van der Waals surface area contributed by atoms with Crippen LogP contribution in [0.1, 0.15) is 19.8 Å². The zero-order valence-corrected chi connectivity index (χ0v) is 11.2. The lowest BCUT2D eigenvalue weighted by molar-refractivity contribution is 0.287. The minimum Gasteiger partial charge on any atom is -0.497 e. The first-order valence-corrected chi connectivity index (χ1v) is 7.23. The van der Waals surface area contributed by atoms with Crippen LogP contribution in [0, 0.1) is 17.2 Å². The number of hydrogen-bond donors (Lipinski definition) is 0. The molecule has 0 atom stereocenters. The molecule has 0 radical (unpaired) electrons. The molecule has 2 rings (SSSR count). The van der Waals surface area contributed by atoms with Gasteiger partial charge in [0, 0.05) is 0 Å². The predicted molar refractivity (Wildman–Crippen MR) is 66.9 cm³/mol. The second-order valence-electron chi connectivity index (χ2n) is 4.80. The van der Waals surface area contributed by atoms with E-state index in [9.17, 15) is 13.7 Å².